The van der Waals surface area contributed by atoms with E-state index in [0.29, 0.717) is 22.7 Å². The van der Waals surface area contributed by atoms with E-state index in [2.05, 4.69) is 4.98 Å². The second-order valence-electron chi connectivity index (χ2n) is 10.3. The summed E-state index contributed by atoms with van der Waals surface area (Å²) in [5.41, 5.74) is 1.51. The molecule has 2 aromatic heterocycles. The number of hydrogen-bond acceptors (Lipinski definition) is 8. The summed E-state index contributed by atoms with van der Waals surface area (Å²) in [7, 11) is -0.835. The molecule has 0 unspecified atom stereocenters. The minimum Gasteiger partial charge on any atom is -0.497 e. The van der Waals surface area contributed by atoms with Gasteiger partial charge in [0.15, 0.2) is 0 Å². The van der Waals surface area contributed by atoms with E-state index in [1.165, 1.54) is 30.6 Å². The summed E-state index contributed by atoms with van der Waals surface area (Å²) >= 11 is 0. The first kappa shape index (κ1) is 28.6. The van der Waals surface area contributed by atoms with Gasteiger partial charge in [0.2, 0.25) is 15.9 Å². The van der Waals surface area contributed by atoms with Crippen molar-refractivity contribution in [1.82, 2.24) is 14.2 Å². The van der Waals surface area contributed by atoms with Crippen LogP contribution in [-0.4, -0.2) is 79.6 Å². The molecule has 0 radical (unpaired) electrons. The van der Waals surface area contributed by atoms with E-state index in [-0.39, 0.29) is 47.9 Å². The number of carbonyl (C=O) groups is 1. The fraction of sp³-hybridized carbons (Fsp3) is 0.333. The van der Waals surface area contributed by atoms with E-state index >= 15 is 0 Å². The van der Waals surface area contributed by atoms with Crippen LogP contribution in [0.15, 0.2) is 76.2 Å². The van der Waals surface area contributed by atoms with Crippen LogP contribution in [0.1, 0.15) is 24.2 Å². The van der Waals surface area contributed by atoms with Gasteiger partial charge in [0.1, 0.15) is 28.8 Å². The first-order valence-corrected chi connectivity index (χ1v) is 14.7. The van der Waals surface area contributed by atoms with E-state index in [1.54, 1.807) is 36.2 Å². The van der Waals surface area contributed by atoms with Crippen LogP contribution in [0.2, 0.25) is 0 Å². The Morgan fingerprint density at radius 2 is 1.90 bits per heavy atom. The topological polar surface area (TPSA) is 122 Å². The third-order valence-corrected chi connectivity index (χ3v) is 9.27. The van der Waals surface area contributed by atoms with Crippen LogP contribution >= 0.6 is 0 Å². The first-order valence-electron chi connectivity index (χ1n) is 13.3. The second-order valence-corrected chi connectivity index (χ2v) is 12.4. The average Bonchev–Trinajstić information content (AvgIpc) is 3.42. The van der Waals surface area contributed by atoms with Crippen LogP contribution in [0.3, 0.4) is 0 Å². The van der Waals surface area contributed by atoms with Gasteiger partial charge in [-0.25, -0.2) is 13.4 Å². The Bertz CT molecular complexity index is 1620. The molecule has 216 valence electrons. The number of sulfonamides is 1. The molecule has 11 heteroatoms. The fourth-order valence-corrected chi connectivity index (χ4v) is 6.04. The molecule has 1 N–H and O–H groups in total. The fourth-order valence-electron chi connectivity index (χ4n) is 4.86. The number of aliphatic hydroxyl groups is 1. The standard InChI is InChI=1S/C30H33N3O7S/c1-19-16-33(20(2)18-34)30(35)25-13-22(27-14-21-7-5-6-8-26(21)39-27)15-31-29(25)40-28(19)17-32(3)41(36,37)24-11-9-23(38-4)10-12-24/h5-15,19-20,28,34H,16-18H2,1-4H3/t19-,20+,28-/m0/s1. The number of aromatic nitrogens is 1. The molecule has 41 heavy (non-hydrogen) atoms. The van der Waals surface area contributed by atoms with Gasteiger partial charge < -0.3 is 23.9 Å². The van der Waals surface area contributed by atoms with Gasteiger partial charge in [0.05, 0.1) is 31.2 Å². The third-order valence-electron chi connectivity index (χ3n) is 7.44. The lowest BCUT2D eigenvalue weighted by Crippen LogP contribution is -2.50. The van der Waals surface area contributed by atoms with E-state index in [1.807, 2.05) is 37.3 Å². The highest BCUT2D eigenvalue weighted by Crippen LogP contribution is 2.33. The number of methoxy groups -OCH3 is 1. The molecule has 1 aliphatic heterocycles. The van der Waals surface area contributed by atoms with Gasteiger partial charge >= 0.3 is 0 Å². The van der Waals surface area contributed by atoms with Crippen LogP contribution < -0.4 is 9.47 Å². The minimum atomic E-state index is -3.84. The number of carbonyl (C=O) groups excluding carboxylic acids is 1. The van der Waals surface area contributed by atoms with Crippen molar-refractivity contribution in [2.24, 2.45) is 5.92 Å². The lowest BCUT2D eigenvalue weighted by molar-refractivity contribution is 0.0373. The van der Waals surface area contributed by atoms with E-state index in [9.17, 15) is 18.3 Å². The van der Waals surface area contributed by atoms with Crippen LogP contribution in [0.5, 0.6) is 11.6 Å². The van der Waals surface area contributed by atoms with Crippen LogP contribution in [-0.2, 0) is 10.0 Å². The number of pyridine rings is 1. The number of aliphatic hydroxyl groups excluding tert-OH is 1. The molecule has 0 bridgehead atoms. The van der Waals surface area contributed by atoms with Gasteiger partial charge in [-0.2, -0.15) is 4.31 Å². The number of benzene rings is 2. The molecule has 1 aliphatic rings. The Balaban J connectivity index is 1.49. The lowest BCUT2D eigenvalue weighted by atomic mass is 10.00. The van der Waals surface area contributed by atoms with Gasteiger partial charge in [-0.3, -0.25) is 4.79 Å². The van der Waals surface area contributed by atoms with E-state index in [0.717, 1.165) is 5.39 Å². The number of para-hydroxylation sites is 1. The number of fused-ring (bicyclic) bond motifs is 2. The number of rotatable bonds is 8. The number of likely N-dealkylation sites (N-methyl/N-ethyl adjacent to an activating group) is 1. The summed E-state index contributed by atoms with van der Waals surface area (Å²) in [5.74, 6) is 0.573. The van der Waals surface area contributed by atoms with Crippen LogP contribution in [0.4, 0.5) is 0 Å². The quantitative estimate of drug-likeness (QED) is 0.332. The highest BCUT2D eigenvalue weighted by atomic mass is 32.2. The molecule has 0 aliphatic carbocycles. The zero-order valence-corrected chi connectivity index (χ0v) is 24.2. The monoisotopic (exact) mass is 579 g/mol. The maximum absolute atomic E-state index is 13.8. The van der Waals surface area contributed by atoms with Crippen molar-refractivity contribution in [3.63, 3.8) is 0 Å². The van der Waals surface area contributed by atoms with Gasteiger partial charge in [-0.1, -0.05) is 25.1 Å². The Morgan fingerprint density at radius 1 is 1.17 bits per heavy atom. The van der Waals surface area contributed by atoms with E-state index < -0.39 is 22.2 Å². The molecule has 10 nitrogen and oxygen atoms in total. The smallest absolute Gasteiger partial charge is 0.259 e. The molecule has 3 atom stereocenters. The zero-order valence-electron chi connectivity index (χ0n) is 23.4. The molecule has 4 aromatic rings. The molecular formula is C30H33N3O7S. The van der Waals surface area contributed by atoms with Crippen molar-refractivity contribution in [2.45, 2.75) is 30.9 Å². The van der Waals surface area contributed by atoms with Gasteiger partial charge in [0.25, 0.3) is 5.91 Å². The number of hydrogen-bond donors (Lipinski definition) is 1. The van der Waals surface area contributed by atoms with Crippen molar-refractivity contribution >= 4 is 26.9 Å². The summed E-state index contributed by atoms with van der Waals surface area (Å²) in [5, 5.41) is 10.9. The van der Waals surface area contributed by atoms with Crippen LogP contribution in [0, 0.1) is 5.92 Å². The normalized spacial score (nSPS) is 18.5. The molecule has 0 spiro atoms. The second kappa shape index (κ2) is 11.5. The molecule has 1 amide bonds. The number of amides is 1. The van der Waals surface area contributed by atoms with Gasteiger partial charge in [-0.15, -0.1) is 0 Å². The van der Waals surface area contributed by atoms with Crippen molar-refractivity contribution < 1.29 is 32.2 Å². The van der Waals surface area contributed by atoms with Crippen molar-refractivity contribution in [3.05, 3.63) is 72.4 Å². The predicted molar refractivity (Wildman–Crippen MR) is 153 cm³/mol. The highest BCUT2D eigenvalue weighted by Gasteiger charge is 2.36. The molecule has 0 saturated carbocycles. The number of nitrogens with zero attached hydrogens (tertiary/aromatic N) is 3. The molecule has 5 rings (SSSR count). The largest absolute Gasteiger partial charge is 0.497 e. The Morgan fingerprint density at radius 3 is 2.59 bits per heavy atom. The molecule has 0 fully saturated rings. The van der Waals surface area contributed by atoms with E-state index in [4.69, 9.17) is 13.9 Å². The first-order chi connectivity index (χ1) is 19.6. The number of ether oxygens (including phenoxy) is 2. The highest BCUT2D eigenvalue weighted by molar-refractivity contribution is 7.89. The zero-order chi connectivity index (χ0) is 29.3. The average molecular weight is 580 g/mol. The minimum absolute atomic E-state index is 0.0114. The third kappa shape index (κ3) is 5.65. The van der Waals surface area contributed by atoms with Crippen molar-refractivity contribution in [1.29, 1.82) is 0 Å². The maximum atomic E-state index is 13.8. The SMILES string of the molecule is COc1ccc(S(=O)(=O)N(C)C[C@@H]2Oc3ncc(-c4cc5ccccc5o4)cc3C(=O)N([C@H](C)CO)C[C@@H]2C)cc1. The molecule has 3 heterocycles. The summed E-state index contributed by atoms with van der Waals surface area (Å²) < 4.78 is 45.4. The molecule has 0 saturated heterocycles. The summed E-state index contributed by atoms with van der Waals surface area (Å²) in [4.78, 5) is 20.0. The summed E-state index contributed by atoms with van der Waals surface area (Å²) in [6.45, 7) is 3.67. The lowest BCUT2D eigenvalue weighted by Gasteiger charge is -2.37. The van der Waals surface area contributed by atoms with Crippen molar-refractivity contribution in [3.8, 4) is 23.0 Å². The molecule has 2 aromatic carbocycles. The summed E-state index contributed by atoms with van der Waals surface area (Å²) in [6.07, 6.45) is 0.933. The van der Waals surface area contributed by atoms with Gasteiger partial charge in [0, 0.05) is 36.7 Å². The number of furan rings is 1. The summed E-state index contributed by atoms with van der Waals surface area (Å²) in [6, 6.07) is 16.8. The Labute approximate surface area is 239 Å². The maximum Gasteiger partial charge on any atom is 0.259 e. The Kier molecular flexibility index (Phi) is 8.03. The van der Waals surface area contributed by atoms with Crippen LogP contribution in [0.25, 0.3) is 22.3 Å². The van der Waals surface area contributed by atoms with Gasteiger partial charge in [-0.05, 0) is 49.4 Å². The van der Waals surface area contributed by atoms with Crippen molar-refractivity contribution in [2.75, 3.05) is 33.9 Å². The predicted octanol–water partition coefficient (Wildman–Crippen LogP) is 4.04. The Hall–Kier alpha value is -3.93. The molecular weight excluding hydrogens is 546 g/mol.